The third kappa shape index (κ3) is 3.71. The zero-order chi connectivity index (χ0) is 14.4. The summed E-state index contributed by atoms with van der Waals surface area (Å²) in [5.41, 5.74) is 2.47. The van der Waals surface area contributed by atoms with Gasteiger partial charge >= 0.3 is 0 Å². The van der Waals surface area contributed by atoms with E-state index in [0.717, 1.165) is 24.7 Å². The fourth-order valence-corrected chi connectivity index (χ4v) is 2.07. The molecule has 0 aliphatic rings. The lowest BCUT2D eigenvalue weighted by molar-refractivity contribution is 0.414. The van der Waals surface area contributed by atoms with Crippen LogP contribution in [0.2, 0.25) is 0 Å². The molecule has 0 unspecified atom stereocenters. The second kappa shape index (κ2) is 6.91. The minimum absolute atomic E-state index is 0.819. The van der Waals surface area contributed by atoms with Crippen LogP contribution in [-0.2, 0) is 13.1 Å². The summed E-state index contributed by atoms with van der Waals surface area (Å²) in [6, 6.07) is 12.3. The lowest BCUT2D eigenvalue weighted by Gasteiger charge is -2.19. The van der Waals surface area contributed by atoms with Crippen LogP contribution in [0.3, 0.4) is 0 Å². The molecule has 0 aliphatic carbocycles. The summed E-state index contributed by atoms with van der Waals surface area (Å²) in [6.45, 7) is 1.67. The molecule has 0 saturated carbocycles. The van der Waals surface area contributed by atoms with Crippen molar-refractivity contribution in [1.82, 2.24) is 10.3 Å². The first-order valence-electron chi connectivity index (χ1n) is 6.66. The van der Waals surface area contributed by atoms with E-state index in [1.54, 1.807) is 7.11 Å². The molecule has 1 N–H and O–H groups in total. The molecule has 0 atom stereocenters. The Hall–Kier alpha value is -2.07. The molecule has 0 aliphatic heterocycles. The maximum Gasteiger partial charge on any atom is 0.128 e. The average molecular weight is 271 g/mol. The van der Waals surface area contributed by atoms with Gasteiger partial charge in [-0.15, -0.1) is 0 Å². The number of aromatic nitrogens is 1. The van der Waals surface area contributed by atoms with E-state index in [2.05, 4.69) is 40.4 Å². The highest BCUT2D eigenvalue weighted by Gasteiger charge is 2.05. The Labute approximate surface area is 120 Å². The van der Waals surface area contributed by atoms with E-state index in [0.29, 0.717) is 0 Å². The van der Waals surface area contributed by atoms with E-state index in [9.17, 15) is 0 Å². The van der Waals surface area contributed by atoms with Crippen LogP contribution in [0.25, 0.3) is 0 Å². The van der Waals surface area contributed by atoms with Gasteiger partial charge in [-0.1, -0.05) is 12.1 Å². The summed E-state index contributed by atoms with van der Waals surface area (Å²) in [4.78, 5) is 6.56. The Balaban J connectivity index is 2.06. The Bertz CT molecular complexity index is 540. The minimum atomic E-state index is 0.819. The van der Waals surface area contributed by atoms with E-state index in [4.69, 9.17) is 4.74 Å². The number of nitrogens with zero attached hydrogens (tertiary/aromatic N) is 2. The molecule has 0 radical (unpaired) electrons. The van der Waals surface area contributed by atoms with Gasteiger partial charge in [-0.05, 0) is 42.4 Å². The van der Waals surface area contributed by atoms with Gasteiger partial charge in [0, 0.05) is 26.3 Å². The molecule has 1 heterocycles. The molecule has 0 fully saturated rings. The minimum Gasteiger partial charge on any atom is -0.497 e. The second-order valence-electron chi connectivity index (χ2n) is 4.76. The molecule has 106 valence electrons. The van der Waals surface area contributed by atoms with Crippen molar-refractivity contribution in [2.45, 2.75) is 13.1 Å². The Morgan fingerprint density at radius 1 is 1.15 bits per heavy atom. The van der Waals surface area contributed by atoms with Gasteiger partial charge in [0.25, 0.3) is 0 Å². The van der Waals surface area contributed by atoms with E-state index in [1.807, 2.05) is 31.4 Å². The quantitative estimate of drug-likeness (QED) is 0.875. The first-order chi connectivity index (χ1) is 9.72. The number of anilines is 1. The van der Waals surface area contributed by atoms with Crippen LogP contribution < -0.4 is 15.0 Å². The lowest BCUT2D eigenvalue weighted by atomic mass is 10.2. The first-order valence-corrected chi connectivity index (χ1v) is 6.66. The number of hydrogen-bond acceptors (Lipinski definition) is 4. The van der Waals surface area contributed by atoms with Gasteiger partial charge in [0.2, 0.25) is 0 Å². The van der Waals surface area contributed by atoms with Crippen molar-refractivity contribution in [3.05, 3.63) is 53.7 Å². The molecule has 2 rings (SSSR count). The van der Waals surface area contributed by atoms with Crippen molar-refractivity contribution in [3.8, 4) is 5.75 Å². The normalized spacial score (nSPS) is 10.3. The van der Waals surface area contributed by atoms with Gasteiger partial charge in [-0.3, -0.25) is 0 Å². The molecule has 0 saturated heterocycles. The highest BCUT2D eigenvalue weighted by Crippen LogP contribution is 2.16. The number of nitrogens with one attached hydrogen (secondary N) is 1. The van der Waals surface area contributed by atoms with E-state index >= 15 is 0 Å². The van der Waals surface area contributed by atoms with Crippen LogP contribution in [0, 0.1) is 0 Å². The Morgan fingerprint density at radius 3 is 2.55 bits per heavy atom. The van der Waals surface area contributed by atoms with Crippen LogP contribution in [0.15, 0.2) is 42.6 Å². The van der Waals surface area contributed by atoms with Gasteiger partial charge in [0.1, 0.15) is 11.6 Å². The van der Waals surface area contributed by atoms with Gasteiger partial charge in [-0.2, -0.15) is 0 Å². The van der Waals surface area contributed by atoms with Crippen LogP contribution in [0.1, 0.15) is 11.1 Å². The zero-order valence-corrected chi connectivity index (χ0v) is 12.3. The zero-order valence-electron chi connectivity index (χ0n) is 12.3. The van der Waals surface area contributed by atoms with Crippen LogP contribution in [0.5, 0.6) is 5.75 Å². The van der Waals surface area contributed by atoms with Crippen LogP contribution in [-0.4, -0.2) is 26.2 Å². The van der Waals surface area contributed by atoms with Crippen LogP contribution in [0.4, 0.5) is 5.82 Å². The summed E-state index contributed by atoms with van der Waals surface area (Å²) in [5, 5.41) is 3.15. The van der Waals surface area contributed by atoms with Gasteiger partial charge in [0.15, 0.2) is 0 Å². The van der Waals surface area contributed by atoms with Crippen molar-refractivity contribution in [1.29, 1.82) is 0 Å². The number of ether oxygens (including phenoxy) is 1. The fraction of sp³-hybridized carbons (Fsp3) is 0.312. The third-order valence-electron chi connectivity index (χ3n) is 3.16. The summed E-state index contributed by atoms with van der Waals surface area (Å²) in [7, 11) is 5.68. The molecule has 4 nitrogen and oxygen atoms in total. The SMILES string of the molecule is CNCc1ccnc(N(C)Cc2ccc(OC)cc2)c1. The van der Waals surface area contributed by atoms with Crippen molar-refractivity contribution < 1.29 is 4.74 Å². The number of pyridine rings is 1. The highest BCUT2D eigenvalue weighted by atomic mass is 16.5. The van der Waals surface area contributed by atoms with Crippen molar-refractivity contribution >= 4 is 5.82 Å². The van der Waals surface area contributed by atoms with E-state index in [1.165, 1.54) is 11.1 Å². The molecule has 0 spiro atoms. The maximum absolute atomic E-state index is 5.17. The molecular formula is C16H21N3O. The topological polar surface area (TPSA) is 37.4 Å². The number of methoxy groups -OCH3 is 1. The van der Waals surface area contributed by atoms with E-state index < -0.39 is 0 Å². The lowest BCUT2D eigenvalue weighted by Crippen LogP contribution is -2.18. The number of hydrogen-bond donors (Lipinski definition) is 1. The van der Waals surface area contributed by atoms with Gasteiger partial charge in [0.05, 0.1) is 7.11 Å². The van der Waals surface area contributed by atoms with Gasteiger partial charge < -0.3 is 15.0 Å². The molecule has 4 heteroatoms. The molecule has 1 aromatic heterocycles. The smallest absolute Gasteiger partial charge is 0.128 e. The summed E-state index contributed by atoms with van der Waals surface area (Å²) in [5.74, 6) is 1.86. The summed E-state index contributed by atoms with van der Waals surface area (Å²) < 4.78 is 5.17. The molecule has 20 heavy (non-hydrogen) atoms. The van der Waals surface area contributed by atoms with Crippen molar-refractivity contribution in [3.63, 3.8) is 0 Å². The number of benzene rings is 1. The summed E-state index contributed by atoms with van der Waals surface area (Å²) in [6.07, 6.45) is 1.85. The van der Waals surface area contributed by atoms with Crippen molar-refractivity contribution in [2.24, 2.45) is 0 Å². The maximum atomic E-state index is 5.17. The first kappa shape index (κ1) is 14.3. The fourth-order valence-electron chi connectivity index (χ4n) is 2.07. The Morgan fingerprint density at radius 2 is 1.90 bits per heavy atom. The van der Waals surface area contributed by atoms with Crippen LogP contribution >= 0.6 is 0 Å². The van der Waals surface area contributed by atoms with E-state index in [-0.39, 0.29) is 0 Å². The molecule has 0 bridgehead atoms. The third-order valence-corrected chi connectivity index (χ3v) is 3.16. The Kier molecular flexibility index (Phi) is 4.96. The van der Waals surface area contributed by atoms with Gasteiger partial charge in [-0.25, -0.2) is 4.98 Å². The highest BCUT2D eigenvalue weighted by molar-refractivity contribution is 5.41. The molecule has 0 amide bonds. The molecule has 2 aromatic rings. The standard InChI is InChI=1S/C16H21N3O/c1-17-11-14-8-9-18-16(10-14)19(2)12-13-4-6-15(20-3)7-5-13/h4-10,17H,11-12H2,1-3H3. The van der Waals surface area contributed by atoms with Crippen molar-refractivity contribution in [2.75, 3.05) is 26.1 Å². The monoisotopic (exact) mass is 271 g/mol. The predicted molar refractivity (Wildman–Crippen MR) is 82.1 cm³/mol. The molecule has 1 aromatic carbocycles. The second-order valence-corrected chi connectivity index (χ2v) is 4.76. The predicted octanol–water partition coefficient (Wildman–Crippen LogP) is 2.45. The average Bonchev–Trinajstić information content (AvgIpc) is 2.48. The molecular weight excluding hydrogens is 250 g/mol. The summed E-state index contributed by atoms with van der Waals surface area (Å²) >= 11 is 0. The largest absolute Gasteiger partial charge is 0.497 e. The number of rotatable bonds is 6.